The van der Waals surface area contributed by atoms with Crippen molar-refractivity contribution in [3.05, 3.63) is 53.3 Å². The van der Waals surface area contributed by atoms with Crippen LogP contribution in [-0.2, 0) is 12.4 Å². The number of carbonyl (C=O) groups is 2. The van der Waals surface area contributed by atoms with Gasteiger partial charge >= 0.3 is 24.5 Å². The van der Waals surface area contributed by atoms with Gasteiger partial charge in [0.05, 0.1) is 17.4 Å². The Balaban J connectivity index is 2.06. The summed E-state index contributed by atoms with van der Waals surface area (Å²) in [4.78, 5) is 29.9. The number of benzene rings is 2. The van der Waals surface area contributed by atoms with Gasteiger partial charge in [-0.2, -0.15) is 26.3 Å². The molecule has 2 aromatic carbocycles. The van der Waals surface area contributed by atoms with Gasteiger partial charge in [-0.25, -0.2) is 14.0 Å². The van der Waals surface area contributed by atoms with Crippen molar-refractivity contribution in [1.29, 1.82) is 0 Å². The van der Waals surface area contributed by atoms with E-state index >= 15 is 0 Å². The van der Waals surface area contributed by atoms with E-state index in [1.807, 2.05) is 0 Å². The molecule has 1 N–H and O–H groups in total. The Bertz CT molecular complexity index is 1200. The van der Waals surface area contributed by atoms with Crippen LogP contribution in [0.2, 0.25) is 0 Å². The van der Waals surface area contributed by atoms with Crippen LogP contribution < -0.4 is 14.5 Å². The zero-order chi connectivity index (χ0) is 29.3. The summed E-state index contributed by atoms with van der Waals surface area (Å²) in [5.74, 6) is -1.96. The van der Waals surface area contributed by atoms with Gasteiger partial charge in [-0.05, 0) is 50.5 Å². The highest BCUT2D eigenvalue weighted by molar-refractivity contribution is 5.97. The van der Waals surface area contributed by atoms with Gasteiger partial charge in [0, 0.05) is 38.9 Å². The standard InChI is InChI=1S/C24H25F7N4O4/c1-32(2)12-17(36)13-34-8-9-35(21(34)37)19-11-14(23(26,27)28)10-18(24(29,30)31)20(19)39-22(38)33(3)16-6-4-15(25)5-7-16/h4-7,10-11,17,36H,8-9,12-13H2,1-3H3. The molecular formula is C24H25F7N4O4. The molecule has 0 spiro atoms. The fourth-order valence-corrected chi connectivity index (χ4v) is 3.93. The first-order valence-electron chi connectivity index (χ1n) is 11.4. The second-order valence-electron chi connectivity index (χ2n) is 9.07. The third-order valence-electron chi connectivity index (χ3n) is 5.77. The number of halogens is 7. The van der Waals surface area contributed by atoms with Crippen molar-refractivity contribution in [2.45, 2.75) is 18.5 Å². The van der Waals surface area contributed by atoms with E-state index in [9.17, 15) is 45.4 Å². The van der Waals surface area contributed by atoms with Crippen molar-refractivity contribution in [2.75, 3.05) is 57.1 Å². The highest BCUT2D eigenvalue weighted by Crippen LogP contribution is 2.47. The SMILES string of the molecule is CN(C)CC(O)CN1CCN(c2cc(C(F)(F)F)cc(C(F)(F)F)c2OC(=O)N(C)c2ccc(F)cc2)C1=O. The lowest BCUT2D eigenvalue weighted by Crippen LogP contribution is -2.40. The Kier molecular flexibility index (Phi) is 8.65. The van der Waals surface area contributed by atoms with E-state index in [2.05, 4.69) is 0 Å². The highest BCUT2D eigenvalue weighted by Gasteiger charge is 2.44. The second-order valence-corrected chi connectivity index (χ2v) is 9.07. The number of carbonyl (C=O) groups excluding carboxylic acids is 2. The summed E-state index contributed by atoms with van der Waals surface area (Å²) < 4.78 is 101. The average Bonchev–Trinajstić information content (AvgIpc) is 3.16. The minimum absolute atomic E-state index is 0.0155. The third kappa shape index (κ3) is 7.09. The number of ether oxygens (including phenoxy) is 1. The van der Waals surface area contributed by atoms with Gasteiger partial charge < -0.3 is 19.6 Å². The lowest BCUT2D eigenvalue weighted by atomic mass is 10.1. The topological polar surface area (TPSA) is 76.6 Å². The molecule has 0 saturated carbocycles. The van der Waals surface area contributed by atoms with Crippen molar-refractivity contribution in [3.63, 3.8) is 0 Å². The number of anilines is 2. The normalized spacial score (nSPS) is 15.2. The van der Waals surface area contributed by atoms with Gasteiger partial charge in [-0.3, -0.25) is 9.80 Å². The molecule has 39 heavy (non-hydrogen) atoms. The van der Waals surface area contributed by atoms with Crippen LogP contribution in [0.3, 0.4) is 0 Å². The molecule has 1 fully saturated rings. The molecule has 8 nitrogen and oxygen atoms in total. The highest BCUT2D eigenvalue weighted by atomic mass is 19.4. The predicted octanol–water partition coefficient (Wildman–Crippen LogP) is 4.66. The summed E-state index contributed by atoms with van der Waals surface area (Å²) in [6.45, 7) is -0.556. The largest absolute Gasteiger partial charge is 0.420 e. The monoisotopic (exact) mass is 566 g/mol. The molecule has 1 aliphatic heterocycles. The summed E-state index contributed by atoms with van der Waals surface area (Å²) >= 11 is 0. The fourth-order valence-electron chi connectivity index (χ4n) is 3.93. The molecule has 1 aliphatic rings. The van der Waals surface area contributed by atoms with E-state index in [0.717, 1.165) is 41.1 Å². The molecule has 0 bridgehead atoms. The Morgan fingerprint density at radius 1 is 1.03 bits per heavy atom. The molecular weight excluding hydrogens is 541 g/mol. The first-order valence-corrected chi connectivity index (χ1v) is 11.4. The molecule has 1 atom stereocenters. The summed E-state index contributed by atoms with van der Waals surface area (Å²) in [7, 11) is 4.42. The number of aliphatic hydroxyl groups is 1. The van der Waals surface area contributed by atoms with Crippen molar-refractivity contribution in [1.82, 2.24) is 9.80 Å². The van der Waals surface area contributed by atoms with Crippen LogP contribution in [0.25, 0.3) is 0 Å². The van der Waals surface area contributed by atoms with Crippen LogP contribution in [-0.4, -0.2) is 80.5 Å². The fraction of sp³-hybridized carbons (Fsp3) is 0.417. The second kappa shape index (κ2) is 11.3. The maximum Gasteiger partial charge on any atom is 0.420 e. The third-order valence-corrected chi connectivity index (χ3v) is 5.77. The van der Waals surface area contributed by atoms with E-state index in [0.29, 0.717) is 11.0 Å². The smallest absolute Gasteiger partial charge is 0.407 e. The van der Waals surface area contributed by atoms with Crippen molar-refractivity contribution < 1.29 is 50.2 Å². The van der Waals surface area contributed by atoms with Crippen LogP contribution in [0, 0.1) is 5.82 Å². The summed E-state index contributed by atoms with van der Waals surface area (Å²) in [5, 5.41) is 10.2. The molecule has 3 amide bonds. The molecule has 15 heteroatoms. The molecule has 0 aliphatic carbocycles. The number of likely N-dealkylation sites (N-methyl/N-ethyl adjacent to an activating group) is 1. The van der Waals surface area contributed by atoms with E-state index in [-0.39, 0.29) is 37.9 Å². The number of β-amino-alcohol motifs (C(OH)–C–C–N with tert-alkyl or cyclic N) is 1. The van der Waals surface area contributed by atoms with Gasteiger partial charge in [-0.15, -0.1) is 0 Å². The molecule has 1 saturated heterocycles. The van der Waals surface area contributed by atoms with Crippen LogP contribution in [0.1, 0.15) is 11.1 Å². The van der Waals surface area contributed by atoms with Gasteiger partial charge in [0.15, 0.2) is 5.75 Å². The molecule has 214 valence electrons. The number of rotatable bonds is 7. The quantitative estimate of drug-likeness (QED) is 0.494. The number of urea groups is 1. The number of hydrogen-bond donors (Lipinski definition) is 1. The van der Waals surface area contributed by atoms with E-state index in [1.165, 1.54) is 0 Å². The van der Waals surface area contributed by atoms with E-state index in [1.54, 1.807) is 19.0 Å². The summed E-state index contributed by atoms with van der Waals surface area (Å²) in [5.41, 5.74) is -4.54. The maximum atomic E-state index is 14.0. The number of alkyl halides is 6. The minimum atomic E-state index is -5.41. The number of nitrogens with zero attached hydrogens (tertiary/aromatic N) is 4. The Labute approximate surface area is 218 Å². The van der Waals surface area contributed by atoms with Crippen molar-refractivity contribution in [3.8, 4) is 5.75 Å². The minimum Gasteiger partial charge on any atom is -0.407 e. The summed E-state index contributed by atoms with van der Waals surface area (Å²) in [6.07, 6.45) is -13.1. The summed E-state index contributed by atoms with van der Waals surface area (Å²) in [6, 6.07) is 3.34. The lowest BCUT2D eigenvalue weighted by Gasteiger charge is -2.26. The average molecular weight is 566 g/mol. The van der Waals surface area contributed by atoms with Gasteiger partial charge in [0.25, 0.3) is 0 Å². The Hall–Kier alpha value is -3.59. The number of amides is 3. The van der Waals surface area contributed by atoms with Crippen LogP contribution in [0.4, 0.5) is 51.7 Å². The van der Waals surface area contributed by atoms with E-state index in [4.69, 9.17) is 4.74 Å². The van der Waals surface area contributed by atoms with Crippen LogP contribution in [0.15, 0.2) is 36.4 Å². The van der Waals surface area contributed by atoms with Gasteiger partial charge in [0.1, 0.15) is 11.4 Å². The zero-order valence-corrected chi connectivity index (χ0v) is 21.0. The Morgan fingerprint density at radius 3 is 2.18 bits per heavy atom. The Morgan fingerprint density at radius 2 is 1.64 bits per heavy atom. The molecule has 0 radical (unpaired) electrons. The van der Waals surface area contributed by atoms with Crippen molar-refractivity contribution in [2.24, 2.45) is 0 Å². The van der Waals surface area contributed by atoms with E-state index < -0.39 is 59.0 Å². The molecule has 1 heterocycles. The van der Waals surface area contributed by atoms with Crippen molar-refractivity contribution >= 4 is 23.5 Å². The molecule has 1 unspecified atom stereocenters. The first-order chi connectivity index (χ1) is 18.0. The zero-order valence-electron chi connectivity index (χ0n) is 21.0. The predicted molar refractivity (Wildman–Crippen MR) is 126 cm³/mol. The van der Waals surface area contributed by atoms with Gasteiger partial charge in [-0.1, -0.05) is 0 Å². The lowest BCUT2D eigenvalue weighted by molar-refractivity contribution is -0.143. The molecule has 0 aromatic heterocycles. The van der Waals surface area contributed by atoms with Gasteiger partial charge in [0.2, 0.25) is 0 Å². The molecule has 2 aromatic rings. The van der Waals surface area contributed by atoms with Crippen LogP contribution in [0.5, 0.6) is 5.75 Å². The number of aliphatic hydroxyl groups excluding tert-OH is 1. The van der Waals surface area contributed by atoms with Crippen LogP contribution >= 0.6 is 0 Å². The number of hydrogen-bond acceptors (Lipinski definition) is 5. The maximum absolute atomic E-state index is 14.0. The molecule has 3 rings (SSSR count). The first kappa shape index (κ1) is 30.0.